The molecule has 0 aromatic carbocycles. The van der Waals surface area contributed by atoms with Gasteiger partial charge in [-0.25, -0.2) is 0 Å². The molecule has 1 aliphatic rings. The van der Waals surface area contributed by atoms with Gasteiger partial charge in [0.15, 0.2) is 0 Å². The molecule has 1 rings (SSSR count). The summed E-state index contributed by atoms with van der Waals surface area (Å²) in [6, 6.07) is 0. The van der Waals surface area contributed by atoms with Crippen LogP contribution in [0.5, 0.6) is 0 Å². The molecular weight excluding hydrogens is 160 g/mol. The molecule has 1 unspecified atom stereocenters. The highest BCUT2D eigenvalue weighted by atomic mass is 16.5. The lowest BCUT2D eigenvalue weighted by molar-refractivity contribution is -0.148. The molecule has 1 aliphatic heterocycles. The van der Waals surface area contributed by atoms with Gasteiger partial charge in [-0.15, -0.1) is 0 Å². The molecule has 0 aliphatic carbocycles. The van der Waals surface area contributed by atoms with Gasteiger partial charge in [-0.2, -0.15) is 0 Å². The monoisotopic (exact) mass is 172 g/mol. The Morgan fingerprint density at radius 1 is 1.67 bits per heavy atom. The van der Waals surface area contributed by atoms with Crippen LogP contribution in [-0.4, -0.2) is 32.1 Å². The predicted molar refractivity (Wildman–Crippen MR) is 40.6 cm³/mol. The van der Waals surface area contributed by atoms with E-state index in [-0.39, 0.29) is 18.2 Å². The number of esters is 1. The molecule has 1 heterocycles. The van der Waals surface area contributed by atoms with Crippen LogP contribution in [0.25, 0.3) is 0 Å². The number of methoxy groups -OCH3 is 1. The SMILES string of the molecule is COC(=O)C1COCCC(=O)C1. The van der Waals surface area contributed by atoms with Gasteiger partial charge in [0, 0.05) is 12.8 Å². The first-order valence-corrected chi connectivity index (χ1v) is 3.91. The summed E-state index contributed by atoms with van der Waals surface area (Å²) < 4.78 is 9.60. The van der Waals surface area contributed by atoms with Crippen LogP contribution in [-0.2, 0) is 19.1 Å². The Morgan fingerprint density at radius 3 is 3.08 bits per heavy atom. The largest absolute Gasteiger partial charge is 0.469 e. The second-order valence-electron chi connectivity index (χ2n) is 2.79. The van der Waals surface area contributed by atoms with Crippen molar-refractivity contribution in [3.05, 3.63) is 0 Å². The normalized spacial score (nSPS) is 24.8. The van der Waals surface area contributed by atoms with Gasteiger partial charge in [0.1, 0.15) is 5.78 Å². The number of ether oxygens (including phenoxy) is 2. The van der Waals surface area contributed by atoms with E-state index in [1.165, 1.54) is 7.11 Å². The van der Waals surface area contributed by atoms with E-state index in [1.807, 2.05) is 0 Å². The average molecular weight is 172 g/mol. The molecule has 4 nitrogen and oxygen atoms in total. The zero-order valence-electron chi connectivity index (χ0n) is 7.04. The predicted octanol–water partition coefficient (Wildman–Crippen LogP) is 0.155. The molecule has 68 valence electrons. The Balaban J connectivity index is 2.51. The van der Waals surface area contributed by atoms with E-state index in [1.54, 1.807) is 0 Å². The quantitative estimate of drug-likeness (QED) is 0.528. The Labute approximate surface area is 70.8 Å². The van der Waals surface area contributed by atoms with Gasteiger partial charge in [0.05, 0.1) is 26.2 Å². The minimum absolute atomic E-state index is 0.0721. The van der Waals surface area contributed by atoms with Gasteiger partial charge in [0.25, 0.3) is 0 Å². The Kier molecular flexibility index (Phi) is 3.22. The molecule has 0 saturated carbocycles. The van der Waals surface area contributed by atoms with E-state index in [0.717, 1.165) is 0 Å². The number of Topliss-reactive ketones (excluding diaryl/α,β-unsaturated/α-hetero) is 1. The minimum atomic E-state index is -0.398. The standard InChI is InChI=1S/C8H12O4/c1-11-8(10)6-4-7(9)2-3-12-5-6/h6H,2-5H2,1H3. The molecule has 0 aromatic heterocycles. The van der Waals surface area contributed by atoms with E-state index in [0.29, 0.717) is 19.6 Å². The third-order valence-electron chi connectivity index (χ3n) is 1.85. The van der Waals surface area contributed by atoms with Crippen molar-refractivity contribution in [3.8, 4) is 0 Å². The lowest BCUT2D eigenvalue weighted by Crippen LogP contribution is -2.21. The van der Waals surface area contributed by atoms with Crippen molar-refractivity contribution in [2.24, 2.45) is 5.92 Å². The van der Waals surface area contributed by atoms with Crippen molar-refractivity contribution >= 4 is 11.8 Å². The second kappa shape index (κ2) is 4.21. The van der Waals surface area contributed by atoms with Crippen LogP contribution in [0.1, 0.15) is 12.8 Å². The molecule has 0 amide bonds. The molecule has 1 fully saturated rings. The van der Waals surface area contributed by atoms with E-state index < -0.39 is 5.92 Å². The summed E-state index contributed by atoms with van der Waals surface area (Å²) in [6.07, 6.45) is 0.667. The smallest absolute Gasteiger partial charge is 0.311 e. The summed E-state index contributed by atoms with van der Waals surface area (Å²) in [7, 11) is 1.32. The highest BCUT2D eigenvalue weighted by Crippen LogP contribution is 2.12. The van der Waals surface area contributed by atoms with Crippen molar-refractivity contribution < 1.29 is 19.1 Å². The summed E-state index contributed by atoms with van der Waals surface area (Å²) in [5, 5.41) is 0. The zero-order valence-corrected chi connectivity index (χ0v) is 7.04. The Bertz CT molecular complexity index is 187. The van der Waals surface area contributed by atoms with Crippen molar-refractivity contribution in [1.29, 1.82) is 0 Å². The first kappa shape index (κ1) is 9.19. The van der Waals surface area contributed by atoms with Crippen molar-refractivity contribution in [3.63, 3.8) is 0 Å². The maximum absolute atomic E-state index is 11.0. The van der Waals surface area contributed by atoms with Gasteiger partial charge in [-0.1, -0.05) is 0 Å². The van der Waals surface area contributed by atoms with E-state index >= 15 is 0 Å². The fourth-order valence-corrected chi connectivity index (χ4v) is 1.17. The summed E-state index contributed by atoms with van der Waals surface area (Å²) >= 11 is 0. The van der Waals surface area contributed by atoms with Gasteiger partial charge in [-0.3, -0.25) is 9.59 Å². The Morgan fingerprint density at radius 2 is 2.42 bits per heavy atom. The molecule has 0 N–H and O–H groups in total. The Hall–Kier alpha value is -0.900. The van der Waals surface area contributed by atoms with Crippen LogP contribution in [0.2, 0.25) is 0 Å². The van der Waals surface area contributed by atoms with E-state index in [9.17, 15) is 9.59 Å². The zero-order chi connectivity index (χ0) is 8.97. The van der Waals surface area contributed by atoms with E-state index in [4.69, 9.17) is 4.74 Å². The first-order chi connectivity index (χ1) is 5.74. The van der Waals surface area contributed by atoms with Crippen molar-refractivity contribution in [2.45, 2.75) is 12.8 Å². The summed E-state index contributed by atoms with van der Waals surface area (Å²) in [4.78, 5) is 22.0. The molecule has 0 aromatic rings. The third-order valence-corrected chi connectivity index (χ3v) is 1.85. The summed E-state index contributed by atoms with van der Waals surface area (Å²) in [5.41, 5.74) is 0. The molecule has 0 bridgehead atoms. The maximum Gasteiger partial charge on any atom is 0.311 e. The molecular formula is C8H12O4. The van der Waals surface area contributed by atoms with Crippen LogP contribution < -0.4 is 0 Å². The fraction of sp³-hybridized carbons (Fsp3) is 0.750. The fourth-order valence-electron chi connectivity index (χ4n) is 1.17. The highest BCUT2D eigenvalue weighted by molar-refractivity contribution is 5.84. The van der Waals surface area contributed by atoms with Crippen LogP contribution in [0, 0.1) is 5.92 Å². The third kappa shape index (κ3) is 2.30. The van der Waals surface area contributed by atoms with Crippen LogP contribution >= 0.6 is 0 Å². The van der Waals surface area contributed by atoms with E-state index in [2.05, 4.69) is 4.74 Å². The highest BCUT2D eigenvalue weighted by Gasteiger charge is 2.25. The second-order valence-corrected chi connectivity index (χ2v) is 2.79. The minimum Gasteiger partial charge on any atom is -0.469 e. The lowest BCUT2D eigenvalue weighted by Gasteiger charge is -2.08. The number of ketones is 1. The molecule has 12 heavy (non-hydrogen) atoms. The number of carbonyl (C=O) groups excluding carboxylic acids is 2. The van der Waals surface area contributed by atoms with Gasteiger partial charge in [0.2, 0.25) is 0 Å². The molecule has 0 radical (unpaired) electrons. The number of rotatable bonds is 1. The summed E-state index contributed by atoms with van der Waals surface area (Å²) in [6.45, 7) is 0.727. The van der Waals surface area contributed by atoms with Crippen molar-refractivity contribution in [1.82, 2.24) is 0 Å². The number of hydrogen-bond donors (Lipinski definition) is 0. The average Bonchev–Trinajstić information content (AvgIpc) is 2.28. The molecule has 4 heteroatoms. The van der Waals surface area contributed by atoms with Gasteiger partial charge < -0.3 is 9.47 Å². The molecule has 1 atom stereocenters. The van der Waals surface area contributed by atoms with Crippen molar-refractivity contribution in [2.75, 3.05) is 20.3 Å². The topological polar surface area (TPSA) is 52.6 Å². The van der Waals surface area contributed by atoms with Gasteiger partial charge >= 0.3 is 5.97 Å². The maximum atomic E-state index is 11.0. The lowest BCUT2D eigenvalue weighted by atomic mass is 10.0. The summed E-state index contributed by atoms with van der Waals surface area (Å²) in [5.74, 6) is -0.682. The number of carbonyl (C=O) groups is 2. The van der Waals surface area contributed by atoms with Gasteiger partial charge in [-0.05, 0) is 0 Å². The first-order valence-electron chi connectivity index (χ1n) is 3.91. The van der Waals surface area contributed by atoms with Crippen LogP contribution in [0.15, 0.2) is 0 Å². The van der Waals surface area contributed by atoms with Crippen LogP contribution in [0.4, 0.5) is 0 Å². The number of hydrogen-bond acceptors (Lipinski definition) is 4. The molecule has 0 spiro atoms. The molecule has 1 saturated heterocycles. The van der Waals surface area contributed by atoms with Crippen LogP contribution in [0.3, 0.4) is 0 Å².